The normalized spacial score (nSPS) is 28.4. The molecule has 94 valence electrons. The van der Waals surface area contributed by atoms with E-state index in [2.05, 4.69) is 23.3 Å². The molecule has 2 atom stereocenters. The average molecular weight is 242 g/mol. The first-order valence-electron chi connectivity index (χ1n) is 6.48. The number of piperidine rings is 1. The first-order chi connectivity index (χ1) is 8.72. The third-order valence-corrected chi connectivity index (χ3v) is 4.10. The summed E-state index contributed by atoms with van der Waals surface area (Å²) in [5, 5.41) is 16.6. The Kier molecular flexibility index (Phi) is 2.80. The van der Waals surface area contributed by atoms with Gasteiger partial charge in [-0.1, -0.05) is 25.1 Å². The average Bonchev–Trinajstić information content (AvgIpc) is 2.41. The van der Waals surface area contributed by atoms with Crippen LogP contribution >= 0.6 is 0 Å². The third-order valence-electron chi connectivity index (χ3n) is 4.10. The number of hydrogen-bond donors (Lipinski definition) is 2. The Morgan fingerprint density at radius 3 is 3.11 bits per heavy atom. The minimum atomic E-state index is -0.742. The number of rotatable bonds is 1. The summed E-state index contributed by atoms with van der Waals surface area (Å²) < 4.78 is 0. The highest BCUT2D eigenvalue weighted by Crippen LogP contribution is 2.38. The lowest BCUT2D eigenvalue weighted by molar-refractivity contribution is -0.0379. The maximum Gasteiger partial charge on any atom is 0.0952 e. The zero-order valence-corrected chi connectivity index (χ0v) is 10.6. The fourth-order valence-electron chi connectivity index (χ4n) is 2.90. The lowest BCUT2D eigenvalue weighted by Gasteiger charge is -2.39. The molecule has 18 heavy (non-hydrogen) atoms. The van der Waals surface area contributed by atoms with Crippen LogP contribution in [0.5, 0.6) is 0 Å². The first kappa shape index (κ1) is 11.6. The zero-order valence-electron chi connectivity index (χ0n) is 10.6. The largest absolute Gasteiger partial charge is 0.385 e. The molecule has 1 aliphatic rings. The highest BCUT2D eigenvalue weighted by molar-refractivity contribution is 5.85. The Bertz CT molecular complexity index is 564. The number of nitrogens with one attached hydrogen (secondary N) is 1. The smallest absolute Gasteiger partial charge is 0.0952 e. The summed E-state index contributed by atoms with van der Waals surface area (Å²) in [5.74, 6) is 0.206. The van der Waals surface area contributed by atoms with Crippen LogP contribution in [0.3, 0.4) is 0 Å². The van der Waals surface area contributed by atoms with Crippen molar-refractivity contribution in [2.45, 2.75) is 18.9 Å². The quantitative estimate of drug-likeness (QED) is 0.804. The van der Waals surface area contributed by atoms with Gasteiger partial charge in [-0.2, -0.15) is 0 Å². The van der Waals surface area contributed by atoms with Crippen LogP contribution in [0.2, 0.25) is 0 Å². The number of hydrogen-bond acceptors (Lipinski definition) is 3. The molecule has 2 heterocycles. The summed E-state index contributed by atoms with van der Waals surface area (Å²) in [6.45, 7) is 3.81. The molecule has 1 aromatic heterocycles. The molecule has 3 heteroatoms. The molecule has 0 radical (unpaired) electrons. The van der Waals surface area contributed by atoms with Gasteiger partial charge < -0.3 is 10.4 Å². The van der Waals surface area contributed by atoms with Crippen LogP contribution in [0.25, 0.3) is 10.8 Å². The summed E-state index contributed by atoms with van der Waals surface area (Å²) in [6, 6.07) is 8.11. The topological polar surface area (TPSA) is 45.1 Å². The maximum atomic E-state index is 11.0. The second kappa shape index (κ2) is 4.34. The van der Waals surface area contributed by atoms with Gasteiger partial charge in [0.05, 0.1) is 5.60 Å². The zero-order chi connectivity index (χ0) is 12.6. The van der Waals surface area contributed by atoms with Crippen molar-refractivity contribution in [2.75, 3.05) is 13.1 Å². The van der Waals surface area contributed by atoms with Gasteiger partial charge in [-0.25, -0.2) is 0 Å². The van der Waals surface area contributed by atoms with Gasteiger partial charge in [0.25, 0.3) is 0 Å². The fraction of sp³-hybridized carbons (Fsp3) is 0.400. The van der Waals surface area contributed by atoms with E-state index >= 15 is 0 Å². The molecule has 2 unspecified atom stereocenters. The second-order valence-corrected chi connectivity index (χ2v) is 5.18. The Balaban J connectivity index is 2.19. The van der Waals surface area contributed by atoms with Crippen LogP contribution in [0, 0.1) is 5.92 Å². The Hall–Kier alpha value is -1.45. The molecule has 0 saturated carbocycles. The predicted molar refractivity (Wildman–Crippen MR) is 72.3 cm³/mol. The van der Waals surface area contributed by atoms with Crippen molar-refractivity contribution in [3.63, 3.8) is 0 Å². The number of aliphatic hydroxyl groups is 1. The monoisotopic (exact) mass is 242 g/mol. The van der Waals surface area contributed by atoms with Crippen LogP contribution in [0.4, 0.5) is 0 Å². The summed E-state index contributed by atoms with van der Waals surface area (Å²) in [6.07, 6.45) is 4.40. The molecule has 1 saturated heterocycles. The van der Waals surface area contributed by atoms with Gasteiger partial charge >= 0.3 is 0 Å². The van der Waals surface area contributed by atoms with E-state index in [1.54, 1.807) is 6.20 Å². The van der Waals surface area contributed by atoms with Gasteiger partial charge in [0, 0.05) is 30.2 Å². The molecule has 0 spiro atoms. The van der Waals surface area contributed by atoms with E-state index in [9.17, 15) is 5.11 Å². The lowest BCUT2D eigenvalue weighted by atomic mass is 9.76. The summed E-state index contributed by atoms with van der Waals surface area (Å²) in [5.41, 5.74) is 0.274. The van der Waals surface area contributed by atoms with Crippen LogP contribution in [-0.4, -0.2) is 23.2 Å². The lowest BCUT2D eigenvalue weighted by Crippen LogP contribution is -2.46. The van der Waals surface area contributed by atoms with Gasteiger partial charge in [0.2, 0.25) is 0 Å². The van der Waals surface area contributed by atoms with E-state index in [1.807, 2.05) is 24.4 Å². The molecule has 1 aliphatic heterocycles. The Morgan fingerprint density at radius 2 is 2.28 bits per heavy atom. The number of fused-ring (bicyclic) bond motifs is 1. The number of pyridine rings is 1. The van der Waals surface area contributed by atoms with E-state index in [0.29, 0.717) is 0 Å². The standard InChI is InChI=1S/C15H18N2O/c1-11-9-17-8-6-15(11,18)14-4-2-3-12-5-7-16-10-13(12)14/h2-5,7,10-11,17-18H,6,8-9H2,1H3. The Labute approximate surface area is 107 Å². The highest BCUT2D eigenvalue weighted by atomic mass is 16.3. The molecule has 3 rings (SSSR count). The summed E-state index contributed by atoms with van der Waals surface area (Å²) in [7, 11) is 0. The second-order valence-electron chi connectivity index (χ2n) is 5.18. The minimum Gasteiger partial charge on any atom is -0.385 e. The van der Waals surface area contributed by atoms with Crippen LogP contribution in [0.1, 0.15) is 18.9 Å². The maximum absolute atomic E-state index is 11.0. The molecule has 1 aromatic carbocycles. The molecule has 0 aliphatic carbocycles. The fourth-order valence-corrected chi connectivity index (χ4v) is 2.90. The van der Waals surface area contributed by atoms with Crippen molar-refractivity contribution >= 4 is 10.8 Å². The first-order valence-corrected chi connectivity index (χ1v) is 6.48. The van der Waals surface area contributed by atoms with Crippen LogP contribution in [-0.2, 0) is 5.60 Å². The SMILES string of the molecule is CC1CNCCC1(O)c1cccc2ccncc12. The van der Waals surface area contributed by atoms with Crippen LogP contribution < -0.4 is 5.32 Å². The van der Waals surface area contributed by atoms with Crippen molar-refractivity contribution in [3.8, 4) is 0 Å². The number of aromatic nitrogens is 1. The molecular weight excluding hydrogens is 224 g/mol. The van der Waals surface area contributed by atoms with Crippen molar-refractivity contribution in [2.24, 2.45) is 5.92 Å². The summed E-state index contributed by atoms with van der Waals surface area (Å²) in [4.78, 5) is 4.20. The van der Waals surface area contributed by atoms with Gasteiger partial charge in [-0.05, 0) is 30.0 Å². The molecule has 0 bridgehead atoms. The van der Waals surface area contributed by atoms with Gasteiger partial charge in [0.1, 0.15) is 0 Å². The van der Waals surface area contributed by atoms with Gasteiger partial charge in [-0.3, -0.25) is 4.98 Å². The molecule has 0 amide bonds. The minimum absolute atomic E-state index is 0.206. The van der Waals surface area contributed by atoms with E-state index < -0.39 is 5.60 Å². The third kappa shape index (κ3) is 1.71. The molecular formula is C15H18N2O. The highest BCUT2D eigenvalue weighted by Gasteiger charge is 2.38. The van der Waals surface area contributed by atoms with E-state index in [0.717, 1.165) is 35.8 Å². The molecule has 2 N–H and O–H groups in total. The van der Waals surface area contributed by atoms with E-state index in [1.165, 1.54) is 0 Å². The van der Waals surface area contributed by atoms with Crippen molar-refractivity contribution in [1.82, 2.24) is 10.3 Å². The van der Waals surface area contributed by atoms with Gasteiger partial charge in [0.15, 0.2) is 0 Å². The van der Waals surface area contributed by atoms with E-state index in [-0.39, 0.29) is 5.92 Å². The van der Waals surface area contributed by atoms with Crippen molar-refractivity contribution < 1.29 is 5.11 Å². The molecule has 2 aromatic rings. The van der Waals surface area contributed by atoms with Gasteiger partial charge in [-0.15, -0.1) is 0 Å². The number of benzene rings is 1. The van der Waals surface area contributed by atoms with E-state index in [4.69, 9.17) is 0 Å². The summed E-state index contributed by atoms with van der Waals surface area (Å²) >= 11 is 0. The molecule has 3 nitrogen and oxygen atoms in total. The van der Waals surface area contributed by atoms with Crippen LogP contribution in [0.15, 0.2) is 36.7 Å². The van der Waals surface area contributed by atoms with Crippen molar-refractivity contribution in [1.29, 1.82) is 0 Å². The Morgan fingerprint density at radius 1 is 1.39 bits per heavy atom. The molecule has 1 fully saturated rings. The van der Waals surface area contributed by atoms with Crippen molar-refractivity contribution in [3.05, 3.63) is 42.2 Å². The number of nitrogens with zero attached hydrogens (tertiary/aromatic N) is 1. The predicted octanol–water partition coefficient (Wildman–Crippen LogP) is 2.05.